The van der Waals surface area contributed by atoms with Gasteiger partial charge in [-0.15, -0.1) is 0 Å². The maximum atomic E-state index is 13.5. The van der Waals surface area contributed by atoms with Gasteiger partial charge in [0.25, 0.3) is 5.91 Å². The van der Waals surface area contributed by atoms with E-state index in [1.54, 1.807) is 0 Å². The standard InChI is InChI=1S/C39H39N3O2/c1-29(41-26-10-15-30-11-8-13-31(28-40)14-9-12-30)37(43)21-7-5-18-33-17-4-6-20-36(33)38(44)42-39(24-25-39)35-23-22-32-16-2-3-19-34(32)27-35/h2-4,6,8,11-13,16-17,19-20,22-23,27,29,41H,5,7,9,14,18,21,24-26H2,1H3,(H,42,44)/b11-8?,30-12?,31-13-. The zero-order valence-corrected chi connectivity index (χ0v) is 25.4. The van der Waals surface area contributed by atoms with Crippen LogP contribution >= 0.6 is 0 Å². The SMILES string of the molecule is CC(NCC#CC1=CCC/C(C#N)=C/C=C1)C(=O)CCCCc1ccccc1C(=O)NC1(c2ccc3ccccc3c2)CC1. The molecule has 2 aliphatic carbocycles. The topological polar surface area (TPSA) is 82.0 Å². The largest absolute Gasteiger partial charge is 0.343 e. The van der Waals surface area contributed by atoms with Crippen LogP contribution in [0.4, 0.5) is 0 Å². The number of carbonyl (C=O) groups excluding carboxylic acids is 2. The highest BCUT2D eigenvalue weighted by molar-refractivity contribution is 5.96. The normalized spacial score (nSPS) is 17.0. The van der Waals surface area contributed by atoms with Crippen molar-refractivity contribution in [1.82, 2.24) is 10.6 Å². The molecule has 5 nitrogen and oxygen atoms in total. The first-order valence-corrected chi connectivity index (χ1v) is 15.6. The number of nitriles is 1. The smallest absolute Gasteiger partial charge is 0.252 e. The number of carbonyl (C=O) groups is 2. The molecule has 0 spiro atoms. The van der Waals surface area contributed by atoms with Crippen LogP contribution in [-0.2, 0) is 16.8 Å². The molecule has 44 heavy (non-hydrogen) atoms. The van der Waals surface area contributed by atoms with Gasteiger partial charge >= 0.3 is 0 Å². The maximum Gasteiger partial charge on any atom is 0.252 e. The average molecular weight is 582 g/mol. The van der Waals surface area contributed by atoms with E-state index >= 15 is 0 Å². The molecule has 1 fully saturated rings. The number of aryl methyl sites for hydroxylation is 1. The molecule has 1 unspecified atom stereocenters. The minimum absolute atomic E-state index is 0.0321. The summed E-state index contributed by atoms with van der Waals surface area (Å²) < 4.78 is 0. The molecule has 1 amide bonds. The van der Waals surface area contributed by atoms with Crippen molar-refractivity contribution in [2.24, 2.45) is 0 Å². The summed E-state index contributed by atoms with van der Waals surface area (Å²) in [5.74, 6) is 6.38. The molecule has 0 radical (unpaired) electrons. The molecule has 0 aliphatic heterocycles. The summed E-state index contributed by atoms with van der Waals surface area (Å²) in [7, 11) is 0. The van der Waals surface area contributed by atoms with E-state index in [-0.39, 0.29) is 23.3 Å². The lowest BCUT2D eigenvalue weighted by atomic mass is 9.97. The first-order valence-electron chi connectivity index (χ1n) is 15.6. The summed E-state index contributed by atoms with van der Waals surface area (Å²) in [5.41, 5.74) is 4.30. The van der Waals surface area contributed by atoms with Crippen molar-refractivity contribution in [3.63, 3.8) is 0 Å². The Hall–Kier alpha value is -4.71. The molecule has 3 aromatic rings. The number of benzene rings is 3. The van der Waals surface area contributed by atoms with Crippen molar-refractivity contribution in [2.45, 2.75) is 69.9 Å². The van der Waals surface area contributed by atoms with Crippen molar-refractivity contribution >= 4 is 22.5 Å². The highest BCUT2D eigenvalue weighted by atomic mass is 16.2. The molecule has 1 saturated carbocycles. The van der Waals surface area contributed by atoms with Crippen molar-refractivity contribution in [3.8, 4) is 17.9 Å². The molecule has 5 rings (SSSR count). The van der Waals surface area contributed by atoms with Gasteiger partial charge in [0.05, 0.1) is 24.2 Å². The van der Waals surface area contributed by atoms with Gasteiger partial charge in [0.1, 0.15) is 5.78 Å². The van der Waals surface area contributed by atoms with E-state index < -0.39 is 0 Å². The Kier molecular flexibility index (Phi) is 10.2. The van der Waals surface area contributed by atoms with Gasteiger partial charge in [0, 0.05) is 23.1 Å². The van der Waals surface area contributed by atoms with Crippen LogP contribution in [0.5, 0.6) is 0 Å². The molecule has 3 aromatic carbocycles. The Morgan fingerprint density at radius 3 is 2.61 bits per heavy atom. The molecule has 0 heterocycles. The number of ketones is 1. The fraction of sp³-hybridized carbons (Fsp3) is 0.308. The Bertz CT molecular complexity index is 1720. The van der Waals surface area contributed by atoms with E-state index in [0.29, 0.717) is 13.0 Å². The number of hydrogen-bond acceptors (Lipinski definition) is 4. The van der Waals surface area contributed by atoms with Crippen LogP contribution in [0, 0.1) is 23.2 Å². The average Bonchev–Trinajstić information content (AvgIpc) is 3.82. The van der Waals surface area contributed by atoms with Crippen molar-refractivity contribution < 1.29 is 9.59 Å². The zero-order valence-electron chi connectivity index (χ0n) is 25.4. The summed E-state index contributed by atoms with van der Waals surface area (Å²) in [5, 5.41) is 18.0. The number of rotatable bonds is 11. The Morgan fingerprint density at radius 1 is 1.00 bits per heavy atom. The molecular formula is C39H39N3O2. The Labute approximate surface area is 260 Å². The van der Waals surface area contributed by atoms with Gasteiger partial charge in [-0.3, -0.25) is 14.9 Å². The number of allylic oxidation sites excluding steroid dienone is 6. The molecule has 2 N–H and O–H groups in total. The molecule has 0 aromatic heterocycles. The molecular weight excluding hydrogens is 542 g/mol. The minimum atomic E-state index is -0.295. The van der Waals surface area contributed by atoms with Gasteiger partial charge in [0.2, 0.25) is 0 Å². The highest BCUT2D eigenvalue weighted by Gasteiger charge is 2.46. The van der Waals surface area contributed by atoms with Gasteiger partial charge in [-0.25, -0.2) is 0 Å². The molecule has 222 valence electrons. The second-order valence-corrected chi connectivity index (χ2v) is 11.7. The second-order valence-electron chi connectivity index (χ2n) is 11.7. The lowest BCUT2D eigenvalue weighted by Gasteiger charge is -2.20. The number of unbranched alkanes of at least 4 members (excludes halogenated alkanes) is 1. The zero-order chi connectivity index (χ0) is 30.8. The second kappa shape index (κ2) is 14.6. The van der Waals surface area contributed by atoms with Gasteiger partial charge in [-0.05, 0) is 98.1 Å². The Balaban J connectivity index is 1.07. The van der Waals surface area contributed by atoms with Crippen LogP contribution in [0.25, 0.3) is 10.8 Å². The molecule has 2 aliphatic rings. The van der Waals surface area contributed by atoms with Crippen LogP contribution in [0.2, 0.25) is 0 Å². The van der Waals surface area contributed by atoms with E-state index in [1.807, 2.05) is 67.6 Å². The fourth-order valence-corrected chi connectivity index (χ4v) is 5.63. The first kappa shape index (κ1) is 30.7. The summed E-state index contributed by atoms with van der Waals surface area (Å²) in [6.45, 7) is 2.32. The minimum Gasteiger partial charge on any atom is -0.343 e. The number of hydrogen-bond donors (Lipinski definition) is 2. The van der Waals surface area contributed by atoms with Crippen LogP contribution in [0.15, 0.2) is 102 Å². The van der Waals surface area contributed by atoms with Crippen molar-refractivity contribution in [1.29, 1.82) is 5.26 Å². The summed E-state index contributed by atoms with van der Waals surface area (Å²) in [6, 6.07) is 24.5. The van der Waals surface area contributed by atoms with E-state index in [1.165, 1.54) is 10.8 Å². The molecule has 5 heteroatoms. The third-order valence-corrected chi connectivity index (χ3v) is 8.49. The number of nitrogens with zero attached hydrogens (tertiary/aromatic N) is 1. The number of amides is 1. The van der Waals surface area contributed by atoms with E-state index in [9.17, 15) is 9.59 Å². The monoisotopic (exact) mass is 581 g/mol. The van der Waals surface area contributed by atoms with Crippen molar-refractivity contribution in [3.05, 3.63) is 119 Å². The van der Waals surface area contributed by atoms with Crippen LogP contribution in [0.1, 0.15) is 73.4 Å². The molecule has 1 atom stereocenters. The highest BCUT2D eigenvalue weighted by Crippen LogP contribution is 2.46. The van der Waals surface area contributed by atoms with Crippen LogP contribution in [-0.4, -0.2) is 24.3 Å². The summed E-state index contributed by atoms with van der Waals surface area (Å²) >= 11 is 0. The number of fused-ring (bicyclic) bond motifs is 1. The first-order chi connectivity index (χ1) is 21.5. The summed E-state index contributed by atoms with van der Waals surface area (Å²) in [6.07, 6.45) is 13.9. The van der Waals surface area contributed by atoms with E-state index in [2.05, 4.69) is 58.9 Å². The molecule has 0 bridgehead atoms. The third-order valence-electron chi connectivity index (χ3n) is 8.49. The quantitative estimate of drug-likeness (QED) is 0.185. The van der Waals surface area contributed by atoms with Crippen LogP contribution in [0.3, 0.4) is 0 Å². The lowest BCUT2D eigenvalue weighted by molar-refractivity contribution is -0.120. The molecule has 0 saturated heterocycles. The van der Waals surface area contributed by atoms with Gasteiger partial charge < -0.3 is 5.32 Å². The van der Waals surface area contributed by atoms with Crippen LogP contribution < -0.4 is 10.6 Å². The predicted octanol–water partition coefficient (Wildman–Crippen LogP) is 7.25. The lowest BCUT2D eigenvalue weighted by Crippen LogP contribution is -2.35. The number of nitrogens with one attached hydrogen (secondary N) is 2. The number of Topliss-reactive ketones (excluding diaryl/α,β-unsaturated/α-hetero) is 1. The Morgan fingerprint density at radius 2 is 1.80 bits per heavy atom. The van der Waals surface area contributed by atoms with Gasteiger partial charge in [-0.2, -0.15) is 5.26 Å². The van der Waals surface area contributed by atoms with Gasteiger partial charge in [-0.1, -0.05) is 78.6 Å². The summed E-state index contributed by atoms with van der Waals surface area (Å²) in [4.78, 5) is 26.2. The predicted molar refractivity (Wildman–Crippen MR) is 177 cm³/mol. The van der Waals surface area contributed by atoms with E-state index in [0.717, 1.165) is 72.8 Å². The van der Waals surface area contributed by atoms with Crippen molar-refractivity contribution in [2.75, 3.05) is 6.54 Å². The maximum absolute atomic E-state index is 13.5. The fourth-order valence-electron chi connectivity index (χ4n) is 5.63. The van der Waals surface area contributed by atoms with Gasteiger partial charge in [0.15, 0.2) is 0 Å². The third kappa shape index (κ3) is 8.01. The van der Waals surface area contributed by atoms with E-state index in [4.69, 9.17) is 5.26 Å².